The minimum absolute atomic E-state index is 0.323. The van der Waals surface area contributed by atoms with Crippen LogP contribution in [0.25, 0.3) is 0 Å². The van der Waals surface area contributed by atoms with Gasteiger partial charge in [0.25, 0.3) is 0 Å². The van der Waals surface area contributed by atoms with E-state index < -0.39 is 30.4 Å². The van der Waals surface area contributed by atoms with Crippen LogP contribution in [0.4, 0.5) is 32.0 Å². The molecule has 1 rings (SSSR count). The van der Waals surface area contributed by atoms with Crippen molar-refractivity contribution < 1.29 is 31.1 Å². The fourth-order valence-corrected chi connectivity index (χ4v) is 0.937. The summed E-state index contributed by atoms with van der Waals surface area (Å²) in [5.41, 5.74) is 3.30. The van der Waals surface area contributed by atoms with Gasteiger partial charge in [-0.05, 0) is 6.07 Å². The number of nitrogens with two attached hydrogens (primary N) is 1. The van der Waals surface area contributed by atoms with E-state index in [0.717, 1.165) is 6.20 Å². The van der Waals surface area contributed by atoms with E-state index in [0.29, 0.717) is 6.07 Å². The first kappa shape index (κ1) is 13.4. The molecule has 9 heteroatoms. The van der Waals surface area contributed by atoms with Gasteiger partial charge in [-0.15, -0.1) is 0 Å². The van der Waals surface area contributed by atoms with E-state index in [-0.39, 0.29) is 5.69 Å². The molecule has 0 unspecified atom stereocenters. The number of aromatic nitrogens is 1. The van der Waals surface area contributed by atoms with E-state index in [1.165, 1.54) is 0 Å². The molecule has 0 saturated carbocycles. The number of hydrogen-bond acceptors (Lipinski definition) is 3. The van der Waals surface area contributed by atoms with Gasteiger partial charge in [0.05, 0.1) is 11.9 Å². The molecule has 0 spiro atoms. The maximum atomic E-state index is 12.4. The van der Waals surface area contributed by atoms with Crippen molar-refractivity contribution in [2.75, 3.05) is 12.3 Å². The summed E-state index contributed by atoms with van der Waals surface area (Å²) < 4.78 is 76.5. The average molecular weight is 260 g/mol. The fraction of sp³-hybridized carbons (Fsp3) is 0.375. The van der Waals surface area contributed by atoms with E-state index in [4.69, 9.17) is 5.73 Å². The van der Waals surface area contributed by atoms with Crippen molar-refractivity contribution in [2.24, 2.45) is 0 Å². The van der Waals surface area contributed by atoms with Crippen LogP contribution in [-0.4, -0.2) is 17.8 Å². The summed E-state index contributed by atoms with van der Waals surface area (Å²) in [6.45, 7) is -1.85. The van der Waals surface area contributed by atoms with Crippen LogP contribution in [0.5, 0.6) is 5.88 Å². The number of pyridine rings is 1. The normalized spacial score (nSPS) is 12.6. The maximum absolute atomic E-state index is 12.4. The lowest BCUT2D eigenvalue weighted by Gasteiger charge is -2.14. The first-order valence-electron chi connectivity index (χ1n) is 4.12. The Bertz CT molecular complexity index is 400. The lowest BCUT2D eigenvalue weighted by atomic mass is 10.2. The van der Waals surface area contributed by atoms with Crippen LogP contribution in [0.1, 0.15) is 5.56 Å². The van der Waals surface area contributed by atoms with Gasteiger partial charge in [-0.2, -0.15) is 26.3 Å². The minimum Gasteiger partial charge on any atom is -0.468 e. The van der Waals surface area contributed by atoms with Gasteiger partial charge < -0.3 is 10.5 Å². The summed E-state index contributed by atoms with van der Waals surface area (Å²) in [6.07, 6.45) is -8.85. The van der Waals surface area contributed by atoms with Crippen molar-refractivity contribution in [3.05, 3.63) is 17.8 Å². The monoisotopic (exact) mass is 260 g/mol. The minimum atomic E-state index is -4.89. The molecule has 1 aromatic rings. The lowest BCUT2D eigenvalue weighted by molar-refractivity contribution is -0.159. The molecule has 0 aliphatic rings. The van der Waals surface area contributed by atoms with Crippen LogP contribution in [0.3, 0.4) is 0 Å². The van der Waals surface area contributed by atoms with Crippen molar-refractivity contribution in [3.8, 4) is 5.88 Å². The number of halogens is 6. The van der Waals surface area contributed by atoms with Crippen molar-refractivity contribution in [3.63, 3.8) is 0 Å². The second-order valence-electron chi connectivity index (χ2n) is 3.02. The highest BCUT2D eigenvalue weighted by molar-refractivity contribution is 5.43. The second kappa shape index (κ2) is 4.30. The predicted molar refractivity (Wildman–Crippen MR) is 45.2 cm³/mol. The maximum Gasteiger partial charge on any atom is 0.422 e. The van der Waals surface area contributed by atoms with Gasteiger partial charge in [0.15, 0.2) is 6.61 Å². The quantitative estimate of drug-likeness (QED) is 0.831. The van der Waals surface area contributed by atoms with Crippen molar-refractivity contribution in [2.45, 2.75) is 12.4 Å². The molecule has 17 heavy (non-hydrogen) atoms. The molecule has 0 saturated heterocycles. The van der Waals surface area contributed by atoms with E-state index in [1.807, 2.05) is 0 Å². The molecule has 0 amide bonds. The summed E-state index contributed by atoms with van der Waals surface area (Å²) in [4.78, 5) is 3.08. The zero-order valence-corrected chi connectivity index (χ0v) is 8.06. The van der Waals surface area contributed by atoms with E-state index in [2.05, 4.69) is 9.72 Å². The van der Waals surface area contributed by atoms with E-state index in [1.54, 1.807) is 0 Å². The van der Waals surface area contributed by atoms with Crippen LogP contribution in [0, 0.1) is 0 Å². The fourth-order valence-electron chi connectivity index (χ4n) is 0.937. The van der Waals surface area contributed by atoms with Gasteiger partial charge in [0.2, 0.25) is 5.88 Å². The molecule has 0 aliphatic heterocycles. The van der Waals surface area contributed by atoms with Crippen molar-refractivity contribution >= 4 is 5.69 Å². The topological polar surface area (TPSA) is 48.1 Å². The highest BCUT2D eigenvalue weighted by atomic mass is 19.4. The summed E-state index contributed by atoms with van der Waals surface area (Å²) in [5.74, 6) is -1.15. The van der Waals surface area contributed by atoms with Gasteiger partial charge in [-0.3, -0.25) is 0 Å². The number of anilines is 1. The van der Waals surface area contributed by atoms with Gasteiger partial charge in [0.1, 0.15) is 5.56 Å². The number of nitrogen functional groups attached to an aromatic ring is 1. The zero-order chi connectivity index (χ0) is 13.3. The standard InChI is InChI=1S/C8H6F6N2O/c9-7(10,11)3-17-6-5(8(12,13)14)1-4(15)2-16-6/h1-2H,3,15H2. The van der Waals surface area contributed by atoms with Gasteiger partial charge in [-0.1, -0.05) is 0 Å². The summed E-state index contributed by atoms with van der Waals surface area (Å²) in [5, 5.41) is 0. The number of rotatable bonds is 2. The Kier molecular flexibility index (Phi) is 3.39. The Labute approximate surface area is 91.2 Å². The van der Waals surface area contributed by atoms with Crippen LogP contribution in [0.2, 0.25) is 0 Å². The molecule has 0 atom stereocenters. The highest BCUT2D eigenvalue weighted by Gasteiger charge is 2.37. The molecule has 0 aliphatic carbocycles. The third-order valence-corrected chi connectivity index (χ3v) is 1.55. The van der Waals surface area contributed by atoms with Gasteiger partial charge in [-0.25, -0.2) is 4.98 Å². The molecular formula is C8H6F6N2O. The molecular weight excluding hydrogens is 254 g/mol. The van der Waals surface area contributed by atoms with Crippen molar-refractivity contribution in [1.82, 2.24) is 4.98 Å². The molecule has 0 fully saturated rings. The first-order valence-corrected chi connectivity index (χ1v) is 4.12. The summed E-state index contributed by atoms with van der Waals surface area (Å²) >= 11 is 0. The molecule has 0 bridgehead atoms. The first-order chi connectivity index (χ1) is 7.59. The highest BCUT2D eigenvalue weighted by Crippen LogP contribution is 2.36. The Morgan fingerprint density at radius 3 is 2.24 bits per heavy atom. The molecule has 0 radical (unpaired) electrons. The number of nitrogens with zero attached hydrogens (tertiary/aromatic N) is 1. The SMILES string of the molecule is Nc1cnc(OCC(F)(F)F)c(C(F)(F)F)c1. The number of alkyl halides is 6. The summed E-state index contributed by atoms with van der Waals surface area (Å²) in [6, 6.07) is 0.457. The van der Waals surface area contributed by atoms with E-state index >= 15 is 0 Å². The summed E-state index contributed by atoms with van der Waals surface area (Å²) in [7, 11) is 0. The Morgan fingerprint density at radius 2 is 1.76 bits per heavy atom. The third kappa shape index (κ3) is 4.00. The Hall–Kier alpha value is -1.67. The largest absolute Gasteiger partial charge is 0.468 e. The molecule has 0 aromatic carbocycles. The van der Waals surface area contributed by atoms with Gasteiger partial charge >= 0.3 is 12.4 Å². The number of hydrogen-bond donors (Lipinski definition) is 1. The second-order valence-corrected chi connectivity index (χ2v) is 3.02. The molecule has 2 N–H and O–H groups in total. The van der Waals surface area contributed by atoms with Gasteiger partial charge in [0, 0.05) is 0 Å². The molecule has 96 valence electrons. The average Bonchev–Trinajstić information content (AvgIpc) is 2.13. The van der Waals surface area contributed by atoms with Crippen LogP contribution >= 0.6 is 0 Å². The Morgan fingerprint density at radius 1 is 1.18 bits per heavy atom. The van der Waals surface area contributed by atoms with E-state index in [9.17, 15) is 26.3 Å². The Balaban J connectivity index is 2.99. The number of ether oxygens (including phenoxy) is 1. The smallest absolute Gasteiger partial charge is 0.422 e. The third-order valence-electron chi connectivity index (χ3n) is 1.55. The molecule has 1 heterocycles. The van der Waals surface area contributed by atoms with Crippen LogP contribution in [0.15, 0.2) is 12.3 Å². The molecule has 1 aromatic heterocycles. The molecule has 3 nitrogen and oxygen atoms in total. The lowest BCUT2D eigenvalue weighted by Crippen LogP contribution is -2.21. The predicted octanol–water partition coefficient (Wildman–Crippen LogP) is 2.62. The zero-order valence-electron chi connectivity index (χ0n) is 8.06. The van der Waals surface area contributed by atoms with Crippen LogP contribution in [-0.2, 0) is 6.18 Å². The van der Waals surface area contributed by atoms with Crippen molar-refractivity contribution in [1.29, 1.82) is 0 Å². The van der Waals surface area contributed by atoms with Crippen LogP contribution < -0.4 is 10.5 Å².